The highest BCUT2D eigenvalue weighted by atomic mass is 35.5. The van der Waals surface area contributed by atoms with Gasteiger partial charge in [-0.3, -0.25) is 4.79 Å². The van der Waals surface area contributed by atoms with Gasteiger partial charge in [-0.1, -0.05) is 48.0 Å². The van der Waals surface area contributed by atoms with Gasteiger partial charge in [0.15, 0.2) is 0 Å². The Morgan fingerprint density at radius 3 is 2.50 bits per heavy atom. The van der Waals surface area contributed by atoms with Crippen molar-refractivity contribution in [2.45, 2.75) is 21.4 Å². The monoisotopic (exact) mass is 486 g/mol. The van der Waals surface area contributed by atoms with Crippen LogP contribution in [0.4, 0.5) is 11.5 Å². The van der Waals surface area contributed by atoms with E-state index in [0.29, 0.717) is 10.7 Å². The summed E-state index contributed by atoms with van der Waals surface area (Å²) in [5, 5.41) is 9.65. The summed E-state index contributed by atoms with van der Waals surface area (Å²) < 4.78 is 27.6. The number of amides is 1. The van der Waals surface area contributed by atoms with Crippen molar-refractivity contribution >= 4 is 61.4 Å². The number of fused-ring (bicyclic) bond motifs is 1. The second-order valence-electron chi connectivity index (χ2n) is 6.91. The predicted octanol–water partition coefficient (Wildman–Crippen LogP) is 4.47. The van der Waals surface area contributed by atoms with Gasteiger partial charge in [0, 0.05) is 16.1 Å². The first-order chi connectivity index (χ1) is 15.3. The quantitative estimate of drug-likeness (QED) is 0.389. The molecule has 7 nitrogen and oxygen atoms in total. The van der Waals surface area contributed by atoms with Gasteiger partial charge >= 0.3 is 0 Å². The van der Waals surface area contributed by atoms with E-state index in [-0.39, 0.29) is 33.1 Å². The summed E-state index contributed by atoms with van der Waals surface area (Å²) in [6, 6.07) is 19.1. The number of nitrogen functional groups attached to an aromatic ring is 1. The Balaban J connectivity index is 1.64. The van der Waals surface area contributed by atoms with Crippen molar-refractivity contribution in [2.24, 2.45) is 0 Å². The number of anilines is 2. The molecule has 4 rings (SSSR count). The molecule has 0 atom stereocenters. The van der Waals surface area contributed by atoms with Crippen LogP contribution in [0.1, 0.15) is 0 Å². The first-order valence-corrected chi connectivity index (χ1v) is 12.6. The summed E-state index contributed by atoms with van der Waals surface area (Å²) in [7, 11) is -3.95. The van der Waals surface area contributed by atoms with Gasteiger partial charge in [0.2, 0.25) is 15.7 Å². The molecule has 164 valence electrons. The molecule has 1 aromatic heterocycles. The molecule has 0 saturated carbocycles. The second kappa shape index (κ2) is 8.85. The molecular weight excluding hydrogens is 468 g/mol. The van der Waals surface area contributed by atoms with E-state index in [4.69, 9.17) is 17.3 Å². The number of sulfone groups is 1. The van der Waals surface area contributed by atoms with Gasteiger partial charge in [-0.05, 0) is 42.0 Å². The molecule has 0 aliphatic carbocycles. The van der Waals surface area contributed by atoms with Crippen LogP contribution >= 0.6 is 23.4 Å². The number of carbonyl (C=O) groups is 1. The molecule has 0 unspecified atom stereocenters. The van der Waals surface area contributed by atoms with E-state index in [9.17, 15) is 13.2 Å². The normalized spacial score (nSPS) is 11.6. The van der Waals surface area contributed by atoms with Gasteiger partial charge in [-0.2, -0.15) is 5.10 Å². The summed E-state index contributed by atoms with van der Waals surface area (Å²) in [4.78, 5) is 12.7. The minimum Gasteiger partial charge on any atom is -0.383 e. The molecule has 0 aliphatic heterocycles. The van der Waals surface area contributed by atoms with Crippen LogP contribution < -0.4 is 11.1 Å². The third-order valence-electron chi connectivity index (χ3n) is 4.86. The highest BCUT2D eigenvalue weighted by molar-refractivity contribution is 7.99. The molecule has 1 heterocycles. The summed E-state index contributed by atoms with van der Waals surface area (Å²) in [6.07, 6.45) is 1.70. The molecule has 0 bridgehead atoms. The summed E-state index contributed by atoms with van der Waals surface area (Å²) >= 11 is 7.02. The Hall–Kier alpha value is -3.01. The van der Waals surface area contributed by atoms with E-state index in [2.05, 4.69) is 10.4 Å². The molecule has 3 aromatic carbocycles. The maximum Gasteiger partial charge on any atom is 0.246 e. The Morgan fingerprint density at radius 2 is 1.78 bits per heavy atom. The van der Waals surface area contributed by atoms with Crippen molar-refractivity contribution in [1.82, 2.24) is 9.78 Å². The number of nitrogens with two attached hydrogens (primary N) is 1. The number of nitrogens with zero attached hydrogens (tertiary/aromatic N) is 2. The maximum absolute atomic E-state index is 13.2. The molecular formula is C22H19ClN4O3S2. The number of hydrogen-bond donors (Lipinski definition) is 2. The number of benzene rings is 3. The fraction of sp³-hybridized carbons (Fsp3) is 0.0909. The fourth-order valence-electron chi connectivity index (χ4n) is 3.33. The van der Waals surface area contributed by atoms with E-state index in [0.717, 1.165) is 22.5 Å². The predicted molar refractivity (Wildman–Crippen MR) is 128 cm³/mol. The van der Waals surface area contributed by atoms with Crippen molar-refractivity contribution in [2.75, 3.05) is 17.3 Å². The minimum absolute atomic E-state index is 0.0451. The lowest BCUT2D eigenvalue weighted by atomic mass is 10.1. The van der Waals surface area contributed by atoms with Crippen molar-refractivity contribution < 1.29 is 13.2 Å². The topological polar surface area (TPSA) is 107 Å². The molecule has 10 heteroatoms. The van der Waals surface area contributed by atoms with E-state index in [1.165, 1.54) is 28.9 Å². The average Bonchev–Trinajstić information content (AvgIpc) is 3.10. The van der Waals surface area contributed by atoms with Gasteiger partial charge in [0.25, 0.3) is 0 Å². The van der Waals surface area contributed by atoms with Crippen molar-refractivity contribution in [3.05, 3.63) is 71.8 Å². The number of halogens is 1. The lowest BCUT2D eigenvalue weighted by Crippen LogP contribution is -2.21. The zero-order valence-corrected chi connectivity index (χ0v) is 19.3. The summed E-state index contributed by atoms with van der Waals surface area (Å²) in [5.74, 6) is -0.476. The van der Waals surface area contributed by atoms with E-state index >= 15 is 0 Å². The first kappa shape index (κ1) is 22.2. The standard InChI is InChI=1S/C22H19ClN4O3S2/c1-31-22-20(32(29,30)16-11-9-15(23)10-12-16)21(24)27(26-22)13-19(28)25-18-8-4-6-14-5-2-3-7-17(14)18/h2-12H,13,24H2,1H3,(H,25,28). The molecule has 4 aromatic rings. The van der Waals surface area contributed by atoms with Crippen LogP contribution in [0.2, 0.25) is 5.02 Å². The molecule has 0 aliphatic rings. The van der Waals surface area contributed by atoms with E-state index in [1.807, 2.05) is 36.4 Å². The molecule has 0 radical (unpaired) electrons. The SMILES string of the molecule is CSc1nn(CC(=O)Nc2cccc3ccccc23)c(N)c1S(=O)(=O)c1ccc(Cl)cc1. The van der Waals surface area contributed by atoms with Crippen LogP contribution in [0.3, 0.4) is 0 Å². The van der Waals surface area contributed by atoms with Crippen LogP contribution in [0.5, 0.6) is 0 Å². The average molecular weight is 487 g/mol. The Morgan fingerprint density at radius 1 is 1.09 bits per heavy atom. The number of thioether (sulfide) groups is 1. The number of carbonyl (C=O) groups excluding carboxylic acids is 1. The minimum atomic E-state index is -3.95. The molecule has 3 N–H and O–H groups in total. The lowest BCUT2D eigenvalue weighted by molar-refractivity contribution is -0.116. The summed E-state index contributed by atoms with van der Waals surface area (Å²) in [5.41, 5.74) is 6.82. The van der Waals surface area contributed by atoms with Crippen LogP contribution in [0, 0.1) is 0 Å². The lowest BCUT2D eigenvalue weighted by Gasteiger charge is -2.10. The van der Waals surface area contributed by atoms with Crippen LogP contribution in [-0.4, -0.2) is 30.4 Å². The first-order valence-electron chi connectivity index (χ1n) is 9.50. The highest BCUT2D eigenvalue weighted by Gasteiger charge is 2.29. The number of rotatable bonds is 6. The van der Waals surface area contributed by atoms with Crippen molar-refractivity contribution in [3.8, 4) is 0 Å². The van der Waals surface area contributed by atoms with Crippen LogP contribution in [-0.2, 0) is 21.2 Å². The zero-order chi connectivity index (χ0) is 22.9. The van der Waals surface area contributed by atoms with Crippen LogP contribution in [0.15, 0.2) is 81.5 Å². The fourth-order valence-corrected chi connectivity index (χ4v) is 5.89. The number of hydrogen-bond acceptors (Lipinski definition) is 6. The van der Waals surface area contributed by atoms with Crippen LogP contribution in [0.25, 0.3) is 10.8 Å². The van der Waals surface area contributed by atoms with E-state index < -0.39 is 9.84 Å². The molecule has 0 fully saturated rings. The van der Waals surface area contributed by atoms with Gasteiger partial charge in [0.1, 0.15) is 22.3 Å². The Kier molecular flexibility index (Phi) is 6.14. The van der Waals surface area contributed by atoms with Gasteiger partial charge in [-0.25, -0.2) is 13.1 Å². The molecule has 0 spiro atoms. The zero-order valence-electron chi connectivity index (χ0n) is 16.9. The van der Waals surface area contributed by atoms with Gasteiger partial charge in [-0.15, -0.1) is 11.8 Å². The Labute approximate surface area is 194 Å². The van der Waals surface area contributed by atoms with Gasteiger partial charge in [0.05, 0.1) is 4.90 Å². The highest BCUT2D eigenvalue weighted by Crippen LogP contribution is 2.34. The smallest absolute Gasteiger partial charge is 0.246 e. The third-order valence-corrected chi connectivity index (χ3v) is 7.75. The summed E-state index contributed by atoms with van der Waals surface area (Å²) in [6.45, 7) is -0.237. The maximum atomic E-state index is 13.2. The third kappa shape index (κ3) is 4.19. The molecule has 1 amide bonds. The van der Waals surface area contributed by atoms with Crippen molar-refractivity contribution in [3.63, 3.8) is 0 Å². The molecule has 0 saturated heterocycles. The molecule has 32 heavy (non-hydrogen) atoms. The number of aromatic nitrogens is 2. The number of nitrogens with one attached hydrogen (secondary N) is 1. The second-order valence-corrected chi connectivity index (χ2v) is 10.0. The van der Waals surface area contributed by atoms with Crippen molar-refractivity contribution in [1.29, 1.82) is 0 Å². The Bertz CT molecular complexity index is 1410. The largest absolute Gasteiger partial charge is 0.383 e. The van der Waals surface area contributed by atoms with Gasteiger partial charge < -0.3 is 11.1 Å². The van der Waals surface area contributed by atoms with E-state index in [1.54, 1.807) is 12.3 Å².